The van der Waals surface area contributed by atoms with Crippen LogP contribution in [-0.2, 0) is 35.2 Å². The fourth-order valence-corrected chi connectivity index (χ4v) is 7.40. The van der Waals surface area contributed by atoms with Gasteiger partial charge in [-0.05, 0) is 116 Å². The van der Waals surface area contributed by atoms with E-state index in [9.17, 15) is 9.59 Å². The maximum absolute atomic E-state index is 13.3. The Kier molecular flexibility index (Phi) is 9.15. The van der Waals surface area contributed by atoms with Gasteiger partial charge in [0.1, 0.15) is 22.6 Å². The van der Waals surface area contributed by atoms with Gasteiger partial charge < -0.3 is 24.4 Å². The molecule has 0 aliphatic rings. The fourth-order valence-electron chi connectivity index (χ4n) is 7.40. The van der Waals surface area contributed by atoms with Crippen LogP contribution in [0.15, 0.2) is 24.3 Å². The van der Waals surface area contributed by atoms with Gasteiger partial charge >= 0.3 is 11.9 Å². The van der Waals surface area contributed by atoms with Crippen molar-refractivity contribution in [2.45, 2.75) is 120 Å². The summed E-state index contributed by atoms with van der Waals surface area (Å²) in [6.45, 7) is 23.5. The third-order valence-corrected chi connectivity index (χ3v) is 9.54. The molecule has 0 amide bonds. The summed E-state index contributed by atoms with van der Waals surface area (Å²) in [4.78, 5) is 47.7. The van der Waals surface area contributed by atoms with Gasteiger partial charge in [-0.15, -0.1) is 0 Å². The summed E-state index contributed by atoms with van der Waals surface area (Å²) in [5.74, 6) is -0.723. The lowest BCUT2D eigenvalue weighted by atomic mass is 9.96. The van der Waals surface area contributed by atoms with Gasteiger partial charge in [-0.3, -0.25) is 9.97 Å². The molecule has 0 radical (unpaired) electrons. The number of hydrogen-bond donors (Lipinski definition) is 3. The second kappa shape index (κ2) is 13.0. The van der Waals surface area contributed by atoms with Crippen molar-refractivity contribution in [3.05, 3.63) is 92.1 Å². The molecule has 0 unspecified atom stereocenters. The van der Waals surface area contributed by atoms with E-state index in [-0.39, 0.29) is 11.9 Å². The number of esters is 2. The summed E-state index contributed by atoms with van der Waals surface area (Å²) in [6.07, 6.45) is 2.48. The van der Waals surface area contributed by atoms with E-state index < -0.39 is 11.2 Å². The van der Waals surface area contributed by atoms with Gasteiger partial charge in [0.2, 0.25) is 0 Å². The highest BCUT2D eigenvalue weighted by Gasteiger charge is 2.28. The second-order valence-corrected chi connectivity index (χ2v) is 15.8. The molecule has 51 heavy (non-hydrogen) atoms. The minimum absolute atomic E-state index is 0.361. The second-order valence-electron chi connectivity index (χ2n) is 15.8. The van der Waals surface area contributed by atoms with Gasteiger partial charge in [0.25, 0.3) is 0 Å². The Bertz CT molecular complexity index is 2180. The van der Waals surface area contributed by atoms with Crippen LogP contribution >= 0.6 is 0 Å². The summed E-state index contributed by atoms with van der Waals surface area (Å²) in [6, 6.07) is 8.45. The monoisotopic (exact) mass is 689 g/mol. The van der Waals surface area contributed by atoms with Gasteiger partial charge in [0.15, 0.2) is 0 Å². The van der Waals surface area contributed by atoms with Gasteiger partial charge in [-0.25, -0.2) is 9.59 Å². The van der Waals surface area contributed by atoms with Crippen LogP contribution in [0.2, 0.25) is 0 Å². The largest absolute Gasteiger partial charge is 0.455 e. The van der Waals surface area contributed by atoms with Crippen LogP contribution in [0.1, 0.15) is 133 Å². The van der Waals surface area contributed by atoms with Crippen LogP contribution in [0.4, 0.5) is 0 Å². The highest BCUT2D eigenvalue weighted by atomic mass is 16.6. The molecule has 5 aromatic heterocycles. The molecule has 0 atom stereocenters. The number of aryl methyl sites for hydroxylation is 2. The zero-order chi connectivity index (χ0) is 37.2. The Labute approximate surface area is 300 Å². The maximum atomic E-state index is 13.3. The third kappa shape index (κ3) is 6.78. The van der Waals surface area contributed by atoms with Crippen molar-refractivity contribution in [2.75, 3.05) is 0 Å². The average molecular weight is 690 g/mol. The molecule has 0 saturated heterocycles. The number of ether oxygens (including phenoxy) is 2. The number of aromatic nitrogens is 5. The molecule has 0 aliphatic heterocycles. The zero-order valence-corrected chi connectivity index (χ0v) is 32.2. The van der Waals surface area contributed by atoms with Crippen molar-refractivity contribution < 1.29 is 19.1 Å². The van der Waals surface area contributed by atoms with Crippen LogP contribution < -0.4 is 0 Å². The van der Waals surface area contributed by atoms with Gasteiger partial charge in [0.05, 0.1) is 22.4 Å². The van der Waals surface area contributed by atoms with E-state index in [0.29, 0.717) is 24.2 Å². The van der Waals surface area contributed by atoms with E-state index in [1.807, 2.05) is 68.4 Å². The highest BCUT2D eigenvalue weighted by molar-refractivity contribution is 6.25. The molecule has 9 nitrogen and oxygen atoms in total. The molecule has 0 fully saturated rings. The molecule has 0 saturated carbocycles. The predicted octanol–water partition coefficient (Wildman–Crippen LogP) is 9.37. The number of aromatic amines is 3. The first-order chi connectivity index (χ1) is 23.9. The Morgan fingerprint density at radius 2 is 1.12 bits per heavy atom. The van der Waals surface area contributed by atoms with Gasteiger partial charge in [-0.1, -0.05) is 26.0 Å². The van der Waals surface area contributed by atoms with Crippen LogP contribution in [0.25, 0.3) is 32.6 Å². The smallest absolute Gasteiger partial charge is 0.355 e. The molecule has 0 aliphatic carbocycles. The molecular weight excluding hydrogens is 638 g/mol. The Morgan fingerprint density at radius 1 is 0.647 bits per heavy atom. The number of pyridine rings is 2. The minimum Gasteiger partial charge on any atom is -0.455 e. The van der Waals surface area contributed by atoms with Crippen LogP contribution in [-0.4, -0.2) is 48.1 Å². The molecule has 0 spiro atoms. The number of H-pyrrole nitrogens is 3. The molecule has 5 heterocycles. The Hall–Kier alpha value is -4.92. The summed E-state index contributed by atoms with van der Waals surface area (Å²) < 4.78 is 11.6. The first-order valence-electron chi connectivity index (χ1n) is 18.0. The third-order valence-electron chi connectivity index (χ3n) is 9.54. The molecule has 9 heteroatoms. The van der Waals surface area contributed by atoms with Crippen molar-refractivity contribution in [3.8, 4) is 0 Å². The number of benzene rings is 1. The topological polar surface area (TPSA) is 126 Å². The van der Waals surface area contributed by atoms with E-state index in [1.54, 1.807) is 0 Å². The van der Waals surface area contributed by atoms with E-state index in [2.05, 4.69) is 53.9 Å². The molecule has 268 valence electrons. The first kappa shape index (κ1) is 35.9. The molecule has 1 aromatic carbocycles. The van der Waals surface area contributed by atoms with Crippen LogP contribution in [0, 0.1) is 27.7 Å². The number of hydrogen-bond acceptors (Lipinski definition) is 6. The van der Waals surface area contributed by atoms with E-state index in [4.69, 9.17) is 19.4 Å². The Balaban J connectivity index is 1.60. The number of fused-ring (bicyclic) bond motifs is 6. The normalized spacial score (nSPS) is 12.4. The van der Waals surface area contributed by atoms with E-state index >= 15 is 0 Å². The fraction of sp³-hybridized carbons (Fsp3) is 0.429. The quantitative estimate of drug-likeness (QED) is 0.108. The van der Waals surface area contributed by atoms with Crippen molar-refractivity contribution >= 4 is 44.5 Å². The lowest BCUT2D eigenvalue weighted by molar-refractivity contribution is 0.00501. The molecule has 3 N–H and O–H groups in total. The predicted molar refractivity (Wildman–Crippen MR) is 204 cm³/mol. The summed E-state index contributed by atoms with van der Waals surface area (Å²) in [5, 5.41) is 4.15. The number of carbonyl (C=O) groups is 2. The highest BCUT2D eigenvalue weighted by Crippen LogP contribution is 2.40. The average Bonchev–Trinajstić information content (AvgIpc) is 3.65. The summed E-state index contributed by atoms with van der Waals surface area (Å²) >= 11 is 0. The van der Waals surface area contributed by atoms with Crippen molar-refractivity contribution in [1.29, 1.82) is 0 Å². The number of rotatable bonds is 8. The van der Waals surface area contributed by atoms with Crippen molar-refractivity contribution in [3.63, 3.8) is 0 Å². The number of carbonyl (C=O) groups excluding carboxylic acids is 2. The van der Waals surface area contributed by atoms with E-state index in [0.717, 1.165) is 102 Å². The van der Waals surface area contributed by atoms with E-state index in [1.165, 1.54) is 0 Å². The molecule has 6 rings (SSSR count). The summed E-state index contributed by atoms with van der Waals surface area (Å²) in [7, 11) is 0. The van der Waals surface area contributed by atoms with Gasteiger partial charge in [0, 0.05) is 57.2 Å². The first-order valence-corrected chi connectivity index (χ1v) is 18.0. The minimum atomic E-state index is -0.614. The molecule has 0 bridgehead atoms. The SMILES string of the molecule is CCc1c(Cc2nc(Cc3[nH]c(C(=O)OC(C)(C)C)c(C)c3CC)c3c4ccc(C)[nH]c4c4nc(C)ccc4c23)[nH]c(C(=O)OC(C)(C)C)c1C. The molecule has 6 aromatic rings. The standard InChI is InChI=1S/C42H51N5O4/c1-13-25-23(5)35(39(48)50-41(7,8)9)46-29(25)19-31-33-27-17-15-21(3)43-37(27)38-28(18-16-22(4)44-38)34(33)32(45-31)20-30-26(14-2)24(6)36(47-30)40(49)51-42(10,11)12/h15-18,43,46-47H,13-14,19-20H2,1-12H3. The zero-order valence-electron chi connectivity index (χ0n) is 32.2. The van der Waals surface area contributed by atoms with Gasteiger partial charge in [-0.2, -0.15) is 0 Å². The number of nitrogens with one attached hydrogen (secondary N) is 3. The van der Waals surface area contributed by atoms with Crippen LogP contribution in [0.5, 0.6) is 0 Å². The lowest BCUT2D eigenvalue weighted by Gasteiger charge is -2.19. The van der Waals surface area contributed by atoms with Crippen molar-refractivity contribution in [2.24, 2.45) is 0 Å². The molecular formula is C42H51N5O4. The lowest BCUT2D eigenvalue weighted by Crippen LogP contribution is -2.24. The van der Waals surface area contributed by atoms with Crippen molar-refractivity contribution in [1.82, 2.24) is 24.9 Å². The summed E-state index contributed by atoms with van der Waals surface area (Å²) in [5.41, 5.74) is 11.3. The number of nitrogens with zero attached hydrogens (tertiary/aromatic N) is 2. The maximum Gasteiger partial charge on any atom is 0.355 e. The van der Waals surface area contributed by atoms with Crippen LogP contribution in [0.3, 0.4) is 0 Å². The Morgan fingerprint density at radius 3 is 1.59 bits per heavy atom.